The van der Waals surface area contributed by atoms with Gasteiger partial charge < -0.3 is 19.7 Å². The Balaban J connectivity index is 1.46. The van der Waals surface area contributed by atoms with Gasteiger partial charge in [0.15, 0.2) is 6.61 Å². The molecule has 2 heterocycles. The van der Waals surface area contributed by atoms with Crippen LogP contribution in [0.5, 0.6) is 5.75 Å². The van der Waals surface area contributed by atoms with E-state index in [-0.39, 0.29) is 18.4 Å². The Morgan fingerprint density at radius 1 is 1.10 bits per heavy atom. The van der Waals surface area contributed by atoms with Gasteiger partial charge in [-0.1, -0.05) is 17.7 Å². The molecule has 2 aromatic carbocycles. The van der Waals surface area contributed by atoms with Crippen molar-refractivity contribution in [1.82, 2.24) is 4.90 Å². The summed E-state index contributed by atoms with van der Waals surface area (Å²) in [6.07, 6.45) is 0. The summed E-state index contributed by atoms with van der Waals surface area (Å²) >= 11 is 0. The van der Waals surface area contributed by atoms with Gasteiger partial charge in [-0.05, 0) is 31.2 Å². The van der Waals surface area contributed by atoms with Gasteiger partial charge >= 0.3 is 0 Å². The molecule has 152 valence electrons. The van der Waals surface area contributed by atoms with Crippen molar-refractivity contribution in [3.63, 3.8) is 0 Å². The fraction of sp³-hybridized carbons (Fsp3) is 0.364. The molecule has 0 aromatic heterocycles. The largest absolute Gasteiger partial charge is 0.481 e. The van der Waals surface area contributed by atoms with Crippen LogP contribution in [-0.4, -0.2) is 62.7 Å². The third kappa shape index (κ3) is 4.58. The number of ether oxygens (including phenoxy) is 2. The van der Waals surface area contributed by atoms with Crippen LogP contribution >= 0.6 is 0 Å². The van der Waals surface area contributed by atoms with Gasteiger partial charge in [-0.3, -0.25) is 14.5 Å². The highest BCUT2D eigenvalue weighted by molar-refractivity contribution is 6.05. The van der Waals surface area contributed by atoms with E-state index in [9.17, 15) is 9.59 Å². The molecular formula is C22H25N3O4. The summed E-state index contributed by atoms with van der Waals surface area (Å²) in [6, 6.07) is 12.8. The highest BCUT2D eigenvalue weighted by Gasteiger charge is 2.26. The topological polar surface area (TPSA) is 71.1 Å². The molecule has 29 heavy (non-hydrogen) atoms. The Labute approximate surface area is 170 Å². The van der Waals surface area contributed by atoms with Crippen LogP contribution in [0.2, 0.25) is 0 Å². The van der Waals surface area contributed by atoms with Crippen LogP contribution in [0.15, 0.2) is 42.5 Å². The van der Waals surface area contributed by atoms with Crippen LogP contribution in [0.3, 0.4) is 0 Å². The Kier molecular flexibility index (Phi) is 5.78. The smallest absolute Gasteiger partial charge is 0.265 e. The van der Waals surface area contributed by atoms with Crippen molar-refractivity contribution >= 4 is 23.2 Å². The summed E-state index contributed by atoms with van der Waals surface area (Å²) in [6.45, 7) is 6.59. The summed E-state index contributed by atoms with van der Waals surface area (Å²) in [5.74, 6) is 0.376. The molecule has 1 N–H and O–H groups in total. The highest BCUT2D eigenvalue weighted by Crippen LogP contribution is 2.34. The first-order valence-electron chi connectivity index (χ1n) is 9.85. The Bertz CT molecular complexity index is 909. The molecule has 4 rings (SSSR count). The number of aryl methyl sites for hydroxylation is 1. The normalized spacial score (nSPS) is 16.9. The Morgan fingerprint density at radius 3 is 2.72 bits per heavy atom. The standard InChI is InChI=1S/C22H25N3O4/c1-16-3-2-4-17(13-16)22(27)23-18-5-6-19-20(14-18)29-15-21(26)25(19)8-7-24-9-11-28-12-10-24/h2-6,13-14H,7-12,15H2,1H3,(H,23,27). The highest BCUT2D eigenvalue weighted by atomic mass is 16.5. The van der Waals surface area contributed by atoms with Gasteiger partial charge in [-0.15, -0.1) is 0 Å². The lowest BCUT2D eigenvalue weighted by molar-refractivity contribution is -0.121. The zero-order valence-corrected chi connectivity index (χ0v) is 16.5. The van der Waals surface area contributed by atoms with Crippen LogP contribution in [-0.2, 0) is 9.53 Å². The average molecular weight is 395 g/mol. The molecule has 0 spiro atoms. The van der Waals surface area contributed by atoms with E-state index in [4.69, 9.17) is 9.47 Å². The van der Waals surface area contributed by atoms with Gasteiger partial charge in [0, 0.05) is 43.5 Å². The lowest BCUT2D eigenvalue weighted by Crippen LogP contribution is -2.45. The van der Waals surface area contributed by atoms with Crippen LogP contribution < -0.4 is 15.0 Å². The molecule has 1 fully saturated rings. The fourth-order valence-corrected chi connectivity index (χ4v) is 3.58. The second kappa shape index (κ2) is 8.63. The molecule has 1 saturated heterocycles. The van der Waals surface area contributed by atoms with E-state index in [0.29, 0.717) is 23.5 Å². The summed E-state index contributed by atoms with van der Waals surface area (Å²) in [4.78, 5) is 29.0. The van der Waals surface area contributed by atoms with Crippen molar-refractivity contribution in [2.24, 2.45) is 0 Å². The number of fused-ring (bicyclic) bond motifs is 1. The van der Waals surface area contributed by atoms with E-state index in [0.717, 1.165) is 44.1 Å². The van der Waals surface area contributed by atoms with E-state index < -0.39 is 0 Å². The number of anilines is 2. The molecule has 7 heteroatoms. The van der Waals surface area contributed by atoms with Crippen molar-refractivity contribution in [2.75, 3.05) is 56.2 Å². The number of hydrogen-bond donors (Lipinski definition) is 1. The number of benzene rings is 2. The molecule has 0 bridgehead atoms. The van der Waals surface area contributed by atoms with Gasteiger partial charge in [0.1, 0.15) is 5.75 Å². The number of morpholine rings is 1. The molecule has 2 aliphatic heterocycles. The van der Waals surface area contributed by atoms with Crippen LogP contribution in [0.1, 0.15) is 15.9 Å². The monoisotopic (exact) mass is 395 g/mol. The molecule has 2 amide bonds. The minimum atomic E-state index is -0.176. The second-order valence-electron chi connectivity index (χ2n) is 7.29. The fourth-order valence-electron chi connectivity index (χ4n) is 3.58. The molecule has 0 atom stereocenters. The van der Waals surface area contributed by atoms with Crippen molar-refractivity contribution in [2.45, 2.75) is 6.92 Å². The van der Waals surface area contributed by atoms with Crippen LogP contribution in [0, 0.1) is 6.92 Å². The first-order valence-corrected chi connectivity index (χ1v) is 9.85. The molecule has 2 aliphatic rings. The lowest BCUT2D eigenvalue weighted by Gasteiger charge is -2.33. The molecule has 7 nitrogen and oxygen atoms in total. The maximum absolute atomic E-state index is 12.5. The SMILES string of the molecule is Cc1cccc(C(=O)Nc2ccc3c(c2)OCC(=O)N3CCN2CCOCC2)c1. The van der Waals surface area contributed by atoms with E-state index >= 15 is 0 Å². The van der Waals surface area contributed by atoms with Gasteiger partial charge in [0.25, 0.3) is 11.8 Å². The molecule has 0 saturated carbocycles. The summed E-state index contributed by atoms with van der Waals surface area (Å²) in [7, 11) is 0. The number of carbonyl (C=O) groups is 2. The molecule has 0 unspecified atom stereocenters. The van der Waals surface area contributed by atoms with Crippen molar-refractivity contribution in [1.29, 1.82) is 0 Å². The van der Waals surface area contributed by atoms with E-state index in [1.165, 1.54) is 0 Å². The maximum atomic E-state index is 12.5. The quantitative estimate of drug-likeness (QED) is 0.841. The first kappa shape index (κ1) is 19.4. The predicted octanol–water partition coefficient (Wildman–Crippen LogP) is 2.30. The summed E-state index contributed by atoms with van der Waals surface area (Å²) in [5, 5.41) is 2.90. The third-order valence-corrected chi connectivity index (χ3v) is 5.18. The molecular weight excluding hydrogens is 370 g/mol. The van der Waals surface area contributed by atoms with E-state index in [2.05, 4.69) is 10.2 Å². The van der Waals surface area contributed by atoms with Gasteiger partial charge in [-0.25, -0.2) is 0 Å². The second-order valence-corrected chi connectivity index (χ2v) is 7.29. The number of amides is 2. The minimum Gasteiger partial charge on any atom is -0.481 e. The third-order valence-electron chi connectivity index (χ3n) is 5.18. The number of carbonyl (C=O) groups excluding carboxylic acids is 2. The van der Waals surface area contributed by atoms with E-state index in [1.807, 2.05) is 31.2 Å². The molecule has 2 aromatic rings. The number of rotatable bonds is 5. The number of nitrogens with zero attached hydrogens (tertiary/aromatic N) is 2. The van der Waals surface area contributed by atoms with Crippen LogP contribution in [0.4, 0.5) is 11.4 Å². The molecule has 0 aliphatic carbocycles. The number of nitrogens with one attached hydrogen (secondary N) is 1. The zero-order valence-electron chi connectivity index (χ0n) is 16.5. The molecule has 0 radical (unpaired) electrons. The number of hydrogen-bond acceptors (Lipinski definition) is 5. The minimum absolute atomic E-state index is 0.00535. The van der Waals surface area contributed by atoms with Gasteiger partial charge in [-0.2, -0.15) is 0 Å². The summed E-state index contributed by atoms with van der Waals surface area (Å²) in [5.41, 5.74) is 3.01. The first-order chi connectivity index (χ1) is 14.1. The van der Waals surface area contributed by atoms with Gasteiger partial charge in [0.05, 0.1) is 18.9 Å². The van der Waals surface area contributed by atoms with Crippen molar-refractivity contribution < 1.29 is 19.1 Å². The Hall–Kier alpha value is -2.90. The average Bonchev–Trinajstić information content (AvgIpc) is 2.74. The lowest BCUT2D eigenvalue weighted by atomic mass is 10.1. The maximum Gasteiger partial charge on any atom is 0.265 e. The zero-order chi connectivity index (χ0) is 20.2. The van der Waals surface area contributed by atoms with Crippen LogP contribution in [0.25, 0.3) is 0 Å². The summed E-state index contributed by atoms with van der Waals surface area (Å²) < 4.78 is 11.0. The van der Waals surface area contributed by atoms with Crippen molar-refractivity contribution in [3.05, 3.63) is 53.6 Å². The van der Waals surface area contributed by atoms with Gasteiger partial charge in [0.2, 0.25) is 0 Å². The van der Waals surface area contributed by atoms with E-state index in [1.54, 1.807) is 23.1 Å². The predicted molar refractivity (Wildman–Crippen MR) is 111 cm³/mol. The van der Waals surface area contributed by atoms with Crippen molar-refractivity contribution in [3.8, 4) is 5.75 Å². The Morgan fingerprint density at radius 2 is 1.93 bits per heavy atom.